The second kappa shape index (κ2) is 8.76. The normalized spacial score (nSPS) is 17.6. The van der Waals surface area contributed by atoms with Crippen molar-refractivity contribution in [1.29, 1.82) is 0 Å². The number of fused-ring (bicyclic) bond motifs is 2. The average molecular weight is 480 g/mol. The first-order chi connectivity index (χ1) is 16.7. The number of benzene rings is 3. The Bertz CT molecular complexity index is 1320. The molecule has 1 atom stereocenters. The summed E-state index contributed by atoms with van der Waals surface area (Å²) in [5.74, 6) is 1.45. The molecule has 2 aliphatic heterocycles. The van der Waals surface area contributed by atoms with Gasteiger partial charge >= 0.3 is 6.18 Å². The highest BCUT2D eigenvalue weighted by molar-refractivity contribution is 6.04. The first-order valence-corrected chi connectivity index (χ1v) is 11.4. The van der Waals surface area contributed by atoms with E-state index in [1.54, 1.807) is 0 Å². The second-order valence-electron chi connectivity index (χ2n) is 8.84. The van der Waals surface area contributed by atoms with E-state index in [-0.39, 0.29) is 18.2 Å². The van der Waals surface area contributed by atoms with Gasteiger partial charge in [0.1, 0.15) is 17.3 Å². The Kier molecular flexibility index (Phi) is 5.75. The highest BCUT2D eigenvalue weighted by Gasteiger charge is 2.38. The number of halogens is 3. The van der Waals surface area contributed by atoms with Crippen molar-refractivity contribution in [2.24, 2.45) is 4.99 Å². The van der Waals surface area contributed by atoms with Gasteiger partial charge in [0.15, 0.2) is 5.75 Å². The fourth-order valence-corrected chi connectivity index (χ4v) is 4.60. The summed E-state index contributed by atoms with van der Waals surface area (Å²) in [4.78, 5) is 21.7. The molecule has 2 aliphatic rings. The van der Waals surface area contributed by atoms with Gasteiger partial charge < -0.3 is 14.5 Å². The lowest BCUT2D eigenvalue weighted by atomic mass is 10.0. The van der Waals surface area contributed by atoms with E-state index < -0.39 is 17.6 Å². The molecule has 180 valence electrons. The SMILES string of the molecule is Cc1ccc2c(c1)C(N1CCN(C(=O)c3ccccc3C(F)(F)F)[C@H](C)C1)=Nc1ccccc1O2. The van der Waals surface area contributed by atoms with Crippen molar-refractivity contribution in [3.05, 3.63) is 89.0 Å². The molecule has 1 saturated heterocycles. The molecular formula is C27H24F3N3O2. The predicted octanol–water partition coefficient (Wildman–Crippen LogP) is 6.04. The maximum absolute atomic E-state index is 13.5. The number of hydrogen-bond acceptors (Lipinski definition) is 4. The number of aryl methyl sites for hydroxylation is 1. The summed E-state index contributed by atoms with van der Waals surface area (Å²) in [5.41, 5.74) is 1.36. The van der Waals surface area contributed by atoms with Gasteiger partial charge in [0.25, 0.3) is 5.91 Å². The third kappa shape index (κ3) is 4.36. The number of hydrogen-bond donors (Lipinski definition) is 0. The molecule has 0 N–H and O–H groups in total. The summed E-state index contributed by atoms with van der Waals surface area (Å²) >= 11 is 0. The minimum Gasteiger partial charge on any atom is -0.454 e. The summed E-state index contributed by atoms with van der Waals surface area (Å²) in [6.45, 7) is 4.97. The third-order valence-corrected chi connectivity index (χ3v) is 6.34. The number of para-hydroxylation sites is 2. The Morgan fingerprint density at radius 1 is 1.00 bits per heavy atom. The molecular weight excluding hydrogens is 455 g/mol. The molecule has 0 bridgehead atoms. The Morgan fingerprint density at radius 2 is 1.74 bits per heavy atom. The van der Waals surface area contributed by atoms with Crippen LogP contribution in [-0.4, -0.2) is 47.2 Å². The maximum atomic E-state index is 13.5. The molecule has 1 amide bonds. The van der Waals surface area contributed by atoms with E-state index in [2.05, 4.69) is 4.90 Å². The monoisotopic (exact) mass is 479 g/mol. The lowest BCUT2D eigenvalue weighted by Gasteiger charge is -2.41. The van der Waals surface area contributed by atoms with E-state index in [4.69, 9.17) is 9.73 Å². The van der Waals surface area contributed by atoms with Crippen LogP contribution in [0, 0.1) is 6.92 Å². The van der Waals surface area contributed by atoms with Crippen LogP contribution in [0.15, 0.2) is 71.7 Å². The zero-order chi connectivity index (χ0) is 24.7. The topological polar surface area (TPSA) is 45.1 Å². The van der Waals surface area contributed by atoms with E-state index in [1.807, 2.05) is 56.3 Å². The van der Waals surface area contributed by atoms with Crippen LogP contribution in [0.5, 0.6) is 11.5 Å². The summed E-state index contributed by atoms with van der Waals surface area (Å²) in [5, 5.41) is 0. The third-order valence-electron chi connectivity index (χ3n) is 6.34. The molecule has 5 rings (SSSR count). The standard InChI is InChI=1S/C27H24F3N3O2/c1-17-11-12-23-20(15-17)25(31-22-9-5-6-10-24(22)35-23)32-13-14-33(18(2)16-32)26(34)19-7-3-4-8-21(19)27(28,29)30/h3-12,15,18H,13-14,16H2,1-2H3/t18-/m1/s1. The minimum atomic E-state index is -4.60. The fraction of sp³-hybridized carbons (Fsp3) is 0.259. The van der Waals surface area contributed by atoms with Crippen LogP contribution in [0.1, 0.15) is 34.0 Å². The minimum absolute atomic E-state index is 0.273. The van der Waals surface area contributed by atoms with Crippen molar-refractivity contribution < 1.29 is 22.7 Å². The first-order valence-electron chi connectivity index (χ1n) is 11.4. The van der Waals surface area contributed by atoms with E-state index in [1.165, 1.54) is 23.1 Å². The largest absolute Gasteiger partial charge is 0.454 e. The number of ether oxygens (including phenoxy) is 1. The quantitative estimate of drug-likeness (QED) is 0.427. The number of alkyl halides is 3. The summed E-state index contributed by atoms with van der Waals surface area (Å²) in [6, 6.07) is 18.0. The van der Waals surface area contributed by atoms with Gasteiger partial charge in [-0.05, 0) is 50.2 Å². The number of rotatable bonds is 1. The van der Waals surface area contributed by atoms with Crippen LogP contribution in [-0.2, 0) is 6.18 Å². The highest BCUT2D eigenvalue weighted by atomic mass is 19.4. The van der Waals surface area contributed by atoms with Crippen LogP contribution in [0.25, 0.3) is 0 Å². The zero-order valence-corrected chi connectivity index (χ0v) is 19.3. The van der Waals surface area contributed by atoms with Gasteiger partial charge in [-0.15, -0.1) is 0 Å². The Hall–Kier alpha value is -3.81. The zero-order valence-electron chi connectivity index (χ0n) is 19.3. The molecule has 3 aromatic carbocycles. The Labute approximate surface area is 201 Å². The van der Waals surface area contributed by atoms with Crippen molar-refractivity contribution >= 4 is 17.4 Å². The molecule has 8 heteroatoms. The molecule has 0 spiro atoms. The molecule has 2 heterocycles. The molecule has 35 heavy (non-hydrogen) atoms. The van der Waals surface area contributed by atoms with Crippen molar-refractivity contribution in [2.45, 2.75) is 26.1 Å². The first kappa shape index (κ1) is 23.0. The lowest BCUT2D eigenvalue weighted by molar-refractivity contribution is -0.138. The van der Waals surface area contributed by atoms with Gasteiger partial charge in [-0.25, -0.2) is 4.99 Å². The molecule has 0 saturated carbocycles. The number of carbonyl (C=O) groups is 1. The number of aliphatic imine (C=N–C) groups is 1. The molecule has 3 aromatic rings. The van der Waals surface area contributed by atoms with Gasteiger partial charge in [-0.1, -0.05) is 35.9 Å². The van der Waals surface area contributed by atoms with Gasteiger partial charge in [0, 0.05) is 25.7 Å². The second-order valence-corrected chi connectivity index (χ2v) is 8.84. The molecule has 5 nitrogen and oxygen atoms in total. The Morgan fingerprint density at radius 3 is 2.51 bits per heavy atom. The average Bonchev–Trinajstić information content (AvgIpc) is 2.99. The van der Waals surface area contributed by atoms with Crippen LogP contribution in [0.4, 0.5) is 18.9 Å². The lowest BCUT2D eigenvalue weighted by Crippen LogP contribution is -2.55. The predicted molar refractivity (Wildman–Crippen MR) is 127 cm³/mol. The molecule has 0 unspecified atom stereocenters. The van der Waals surface area contributed by atoms with Crippen LogP contribution in [0.3, 0.4) is 0 Å². The summed E-state index contributed by atoms with van der Waals surface area (Å²) < 4.78 is 46.7. The van der Waals surface area contributed by atoms with Crippen molar-refractivity contribution in [3.8, 4) is 11.5 Å². The number of nitrogens with zero attached hydrogens (tertiary/aromatic N) is 3. The summed E-state index contributed by atoms with van der Waals surface area (Å²) in [7, 11) is 0. The number of amidine groups is 1. The summed E-state index contributed by atoms with van der Waals surface area (Å²) in [6.07, 6.45) is -4.60. The van der Waals surface area contributed by atoms with Gasteiger partial charge in [0.2, 0.25) is 0 Å². The number of piperazine rings is 1. The van der Waals surface area contributed by atoms with Crippen molar-refractivity contribution in [2.75, 3.05) is 19.6 Å². The van der Waals surface area contributed by atoms with Crippen LogP contribution >= 0.6 is 0 Å². The highest BCUT2D eigenvalue weighted by Crippen LogP contribution is 2.39. The number of amides is 1. The van der Waals surface area contributed by atoms with Gasteiger partial charge in [0.05, 0.1) is 16.7 Å². The molecule has 1 fully saturated rings. The van der Waals surface area contributed by atoms with E-state index >= 15 is 0 Å². The fourth-order valence-electron chi connectivity index (χ4n) is 4.60. The van der Waals surface area contributed by atoms with E-state index in [0.717, 1.165) is 23.0 Å². The number of carbonyl (C=O) groups excluding carboxylic acids is 1. The molecule has 0 aromatic heterocycles. The maximum Gasteiger partial charge on any atom is 0.417 e. The van der Waals surface area contributed by atoms with Gasteiger partial charge in [-0.2, -0.15) is 13.2 Å². The van der Waals surface area contributed by atoms with Crippen LogP contribution < -0.4 is 4.74 Å². The van der Waals surface area contributed by atoms with Crippen molar-refractivity contribution in [3.63, 3.8) is 0 Å². The van der Waals surface area contributed by atoms with Gasteiger partial charge in [-0.3, -0.25) is 4.79 Å². The van der Waals surface area contributed by atoms with Crippen molar-refractivity contribution in [1.82, 2.24) is 9.80 Å². The Balaban J connectivity index is 1.46. The molecule has 0 aliphatic carbocycles. The van der Waals surface area contributed by atoms with E-state index in [0.29, 0.717) is 30.3 Å². The smallest absolute Gasteiger partial charge is 0.417 e. The van der Waals surface area contributed by atoms with Crippen LogP contribution in [0.2, 0.25) is 0 Å². The molecule has 0 radical (unpaired) electrons. The van der Waals surface area contributed by atoms with E-state index in [9.17, 15) is 18.0 Å².